The Balaban J connectivity index is 1.73. The zero-order valence-corrected chi connectivity index (χ0v) is 13.5. The van der Waals surface area contributed by atoms with Gasteiger partial charge in [0.2, 0.25) is 5.82 Å². The van der Waals surface area contributed by atoms with Crippen molar-refractivity contribution >= 4 is 17.9 Å². The lowest BCUT2D eigenvalue weighted by atomic mass is 10.2. The molecular weight excluding hydrogens is 332 g/mol. The maximum absolute atomic E-state index is 10.8. The van der Waals surface area contributed by atoms with E-state index >= 15 is 0 Å². The van der Waals surface area contributed by atoms with Crippen LogP contribution >= 0.6 is 11.6 Å². The summed E-state index contributed by atoms with van der Waals surface area (Å²) in [6, 6.07) is 12.0. The van der Waals surface area contributed by atoms with Crippen LogP contribution in [0.2, 0.25) is 5.02 Å². The predicted octanol–water partition coefficient (Wildman–Crippen LogP) is 3.79. The van der Waals surface area contributed by atoms with E-state index in [9.17, 15) is 4.79 Å². The number of hydrogen-bond acceptors (Lipinski definition) is 6. The van der Waals surface area contributed by atoms with Gasteiger partial charge in [0.05, 0.1) is 7.11 Å². The molecule has 7 heteroatoms. The molecule has 0 aliphatic heterocycles. The SMILES string of the molecule is COc1cc(C=O)ccc1OCc1nc(-c2cccc(Cl)c2)no1. The summed E-state index contributed by atoms with van der Waals surface area (Å²) in [5, 5.41) is 4.50. The molecule has 0 fully saturated rings. The Morgan fingerprint density at radius 3 is 2.83 bits per heavy atom. The van der Waals surface area contributed by atoms with Crippen LogP contribution in [0.1, 0.15) is 16.2 Å². The van der Waals surface area contributed by atoms with Crippen molar-refractivity contribution in [1.82, 2.24) is 10.1 Å². The van der Waals surface area contributed by atoms with E-state index in [-0.39, 0.29) is 6.61 Å². The van der Waals surface area contributed by atoms with E-state index < -0.39 is 0 Å². The average molecular weight is 345 g/mol. The van der Waals surface area contributed by atoms with Crippen molar-refractivity contribution < 1.29 is 18.8 Å². The van der Waals surface area contributed by atoms with Gasteiger partial charge >= 0.3 is 0 Å². The van der Waals surface area contributed by atoms with Crippen molar-refractivity contribution in [2.45, 2.75) is 6.61 Å². The van der Waals surface area contributed by atoms with Crippen molar-refractivity contribution in [3.05, 3.63) is 58.9 Å². The number of methoxy groups -OCH3 is 1. The van der Waals surface area contributed by atoms with Crippen LogP contribution in [0.4, 0.5) is 0 Å². The number of carbonyl (C=O) groups excluding carboxylic acids is 1. The fraction of sp³-hybridized carbons (Fsp3) is 0.118. The van der Waals surface area contributed by atoms with E-state index in [1.54, 1.807) is 30.3 Å². The van der Waals surface area contributed by atoms with E-state index in [4.69, 9.17) is 25.6 Å². The Kier molecular flexibility index (Phi) is 4.77. The van der Waals surface area contributed by atoms with E-state index in [1.807, 2.05) is 12.1 Å². The van der Waals surface area contributed by atoms with Gasteiger partial charge in [-0.2, -0.15) is 4.98 Å². The molecule has 3 rings (SSSR count). The van der Waals surface area contributed by atoms with Gasteiger partial charge in [-0.05, 0) is 30.3 Å². The molecule has 2 aromatic carbocycles. The first-order valence-electron chi connectivity index (χ1n) is 7.04. The highest BCUT2D eigenvalue weighted by Gasteiger charge is 2.11. The topological polar surface area (TPSA) is 74.5 Å². The fourth-order valence-corrected chi connectivity index (χ4v) is 2.26. The van der Waals surface area contributed by atoms with E-state index in [2.05, 4.69) is 10.1 Å². The fourth-order valence-electron chi connectivity index (χ4n) is 2.07. The smallest absolute Gasteiger partial charge is 0.264 e. The molecule has 0 unspecified atom stereocenters. The summed E-state index contributed by atoms with van der Waals surface area (Å²) in [5.41, 5.74) is 1.26. The number of rotatable bonds is 6. The summed E-state index contributed by atoms with van der Waals surface area (Å²) in [6.45, 7) is 0.0738. The van der Waals surface area contributed by atoms with Crippen molar-refractivity contribution in [2.24, 2.45) is 0 Å². The maximum Gasteiger partial charge on any atom is 0.264 e. The van der Waals surface area contributed by atoms with Crippen LogP contribution in [0, 0.1) is 0 Å². The monoisotopic (exact) mass is 344 g/mol. The highest BCUT2D eigenvalue weighted by Crippen LogP contribution is 2.28. The van der Waals surface area contributed by atoms with Crippen LogP contribution in [-0.4, -0.2) is 23.5 Å². The van der Waals surface area contributed by atoms with Gasteiger partial charge in [0.1, 0.15) is 6.29 Å². The third-order valence-corrected chi connectivity index (χ3v) is 3.46. The number of ether oxygens (including phenoxy) is 2. The summed E-state index contributed by atoms with van der Waals surface area (Å²) in [6.07, 6.45) is 0.738. The van der Waals surface area contributed by atoms with E-state index in [0.29, 0.717) is 33.8 Å². The lowest BCUT2D eigenvalue weighted by Crippen LogP contribution is -1.98. The zero-order valence-electron chi connectivity index (χ0n) is 12.7. The van der Waals surface area contributed by atoms with Crippen LogP contribution in [0.5, 0.6) is 11.5 Å². The molecule has 24 heavy (non-hydrogen) atoms. The second-order valence-corrected chi connectivity index (χ2v) is 5.28. The minimum atomic E-state index is 0.0738. The normalized spacial score (nSPS) is 10.4. The summed E-state index contributed by atoms with van der Waals surface area (Å²) in [4.78, 5) is 15.1. The number of halogens is 1. The summed E-state index contributed by atoms with van der Waals surface area (Å²) in [7, 11) is 1.50. The second kappa shape index (κ2) is 7.14. The molecular formula is C17H13ClN2O4. The lowest BCUT2D eigenvalue weighted by Gasteiger charge is -2.09. The van der Waals surface area contributed by atoms with Crippen LogP contribution in [-0.2, 0) is 6.61 Å². The van der Waals surface area contributed by atoms with Gasteiger partial charge in [-0.25, -0.2) is 0 Å². The van der Waals surface area contributed by atoms with Crippen molar-refractivity contribution in [3.63, 3.8) is 0 Å². The van der Waals surface area contributed by atoms with Gasteiger partial charge in [0, 0.05) is 16.1 Å². The van der Waals surface area contributed by atoms with E-state index in [0.717, 1.165) is 11.8 Å². The molecule has 0 radical (unpaired) electrons. The molecule has 0 spiro atoms. The molecule has 0 saturated heterocycles. The van der Waals surface area contributed by atoms with Gasteiger partial charge in [0.25, 0.3) is 5.89 Å². The largest absolute Gasteiger partial charge is 0.493 e. The summed E-state index contributed by atoms with van der Waals surface area (Å²) < 4.78 is 16.0. The Morgan fingerprint density at radius 2 is 2.08 bits per heavy atom. The van der Waals surface area contributed by atoms with Gasteiger partial charge in [-0.1, -0.05) is 28.9 Å². The van der Waals surface area contributed by atoms with Crippen LogP contribution in [0.25, 0.3) is 11.4 Å². The minimum Gasteiger partial charge on any atom is -0.493 e. The van der Waals surface area contributed by atoms with Gasteiger partial charge in [0.15, 0.2) is 18.1 Å². The highest BCUT2D eigenvalue weighted by atomic mass is 35.5. The molecule has 0 saturated carbocycles. The number of aromatic nitrogens is 2. The molecule has 6 nitrogen and oxygen atoms in total. The van der Waals surface area contributed by atoms with Crippen molar-refractivity contribution in [2.75, 3.05) is 7.11 Å². The Labute approximate surface area is 143 Å². The molecule has 3 aromatic rings. The number of aldehydes is 1. The van der Waals surface area contributed by atoms with Crippen LogP contribution in [0.3, 0.4) is 0 Å². The summed E-state index contributed by atoms with van der Waals surface area (Å²) in [5.74, 6) is 1.67. The summed E-state index contributed by atoms with van der Waals surface area (Å²) >= 11 is 5.95. The van der Waals surface area contributed by atoms with Crippen LogP contribution in [0.15, 0.2) is 47.0 Å². The molecule has 0 atom stereocenters. The number of benzene rings is 2. The van der Waals surface area contributed by atoms with Gasteiger partial charge in [-0.15, -0.1) is 0 Å². The third-order valence-electron chi connectivity index (χ3n) is 3.23. The lowest BCUT2D eigenvalue weighted by molar-refractivity contribution is 0.112. The minimum absolute atomic E-state index is 0.0738. The molecule has 1 heterocycles. The molecule has 0 bridgehead atoms. The quantitative estimate of drug-likeness (QED) is 0.633. The standard InChI is InChI=1S/C17H13ClN2O4/c1-22-15-7-11(9-21)5-6-14(15)23-10-16-19-17(20-24-16)12-3-2-4-13(18)8-12/h2-9H,10H2,1H3. The number of nitrogens with zero attached hydrogens (tertiary/aromatic N) is 2. The molecule has 0 N–H and O–H groups in total. The Bertz CT molecular complexity index is 863. The molecule has 0 aliphatic rings. The van der Waals surface area contributed by atoms with Gasteiger partial charge < -0.3 is 14.0 Å². The van der Waals surface area contributed by atoms with E-state index in [1.165, 1.54) is 7.11 Å². The van der Waals surface area contributed by atoms with Crippen LogP contribution < -0.4 is 9.47 Å². The molecule has 122 valence electrons. The highest BCUT2D eigenvalue weighted by molar-refractivity contribution is 6.30. The number of carbonyl (C=O) groups is 1. The average Bonchev–Trinajstić information content (AvgIpc) is 3.09. The molecule has 0 amide bonds. The molecule has 1 aromatic heterocycles. The Morgan fingerprint density at radius 1 is 1.21 bits per heavy atom. The Hall–Kier alpha value is -2.86. The maximum atomic E-state index is 10.8. The third kappa shape index (κ3) is 3.55. The predicted molar refractivity (Wildman–Crippen MR) is 87.5 cm³/mol. The molecule has 0 aliphatic carbocycles. The zero-order chi connectivity index (χ0) is 16.9. The van der Waals surface area contributed by atoms with Crippen molar-refractivity contribution in [3.8, 4) is 22.9 Å². The first-order valence-corrected chi connectivity index (χ1v) is 7.42. The first-order chi connectivity index (χ1) is 11.7. The first kappa shape index (κ1) is 16.0. The van der Waals surface area contributed by atoms with Crippen molar-refractivity contribution in [1.29, 1.82) is 0 Å². The number of hydrogen-bond donors (Lipinski definition) is 0. The second-order valence-electron chi connectivity index (χ2n) is 4.84. The van der Waals surface area contributed by atoms with Gasteiger partial charge in [-0.3, -0.25) is 4.79 Å².